The van der Waals surface area contributed by atoms with E-state index in [1.807, 2.05) is 42.5 Å². The van der Waals surface area contributed by atoms with Gasteiger partial charge in [-0.1, -0.05) is 48.2 Å². The van der Waals surface area contributed by atoms with Crippen molar-refractivity contribution in [2.24, 2.45) is 4.99 Å². The van der Waals surface area contributed by atoms with Gasteiger partial charge in [-0.05, 0) is 48.0 Å². The molecule has 0 saturated heterocycles. The molecule has 4 rings (SSSR count). The molecule has 1 aliphatic heterocycles. The van der Waals surface area contributed by atoms with Crippen molar-refractivity contribution >= 4 is 40.5 Å². The maximum atomic E-state index is 13.4. The Morgan fingerprint density at radius 1 is 1.03 bits per heavy atom. The highest BCUT2D eigenvalue weighted by Gasteiger charge is 2.32. The number of pyridine rings is 1. The van der Waals surface area contributed by atoms with Crippen molar-refractivity contribution in [1.29, 1.82) is 0 Å². The van der Waals surface area contributed by atoms with Gasteiger partial charge in [-0.3, -0.25) is 19.5 Å². The largest absolute Gasteiger partial charge is 0.350 e. The lowest BCUT2D eigenvalue weighted by Crippen LogP contribution is -2.32. The SMILES string of the molecule is O=C(CSC1=N/C(=C/c2ccccc2)C(=O)N1c1ccc(F)cc1)NCc1ccccn1. The van der Waals surface area contributed by atoms with E-state index in [0.29, 0.717) is 17.4 Å². The molecule has 1 aliphatic rings. The smallest absolute Gasteiger partial charge is 0.283 e. The van der Waals surface area contributed by atoms with E-state index < -0.39 is 5.82 Å². The van der Waals surface area contributed by atoms with Crippen LogP contribution in [0.1, 0.15) is 11.3 Å². The summed E-state index contributed by atoms with van der Waals surface area (Å²) in [4.78, 5) is 35.5. The fourth-order valence-corrected chi connectivity index (χ4v) is 3.83. The number of hydrogen-bond donors (Lipinski definition) is 1. The first-order valence-corrected chi connectivity index (χ1v) is 10.8. The third kappa shape index (κ3) is 5.28. The minimum atomic E-state index is -0.402. The Morgan fingerprint density at radius 2 is 1.78 bits per heavy atom. The van der Waals surface area contributed by atoms with Crippen LogP contribution in [0.4, 0.5) is 10.1 Å². The second-order valence-electron chi connectivity index (χ2n) is 6.84. The lowest BCUT2D eigenvalue weighted by molar-refractivity contribution is -0.118. The molecule has 0 fully saturated rings. The number of thioether (sulfide) groups is 1. The molecule has 3 aromatic rings. The van der Waals surface area contributed by atoms with Crippen molar-refractivity contribution in [3.05, 3.63) is 102 Å². The van der Waals surface area contributed by atoms with Crippen LogP contribution in [0.5, 0.6) is 0 Å². The van der Waals surface area contributed by atoms with Crippen molar-refractivity contribution in [1.82, 2.24) is 10.3 Å². The van der Waals surface area contributed by atoms with Gasteiger partial charge in [-0.25, -0.2) is 9.38 Å². The number of benzene rings is 2. The van der Waals surface area contributed by atoms with E-state index in [4.69, 9.17) is 0 Å². The molecule has 32 heavy (non-hydrogen) atoms. The highest BCUT2D eigenvalue weighted by Crippen LogP contribution is 2.29. The summed E-state index contributed by atoms with van der Waals surface area (Å²) in [5, 5.41) is 3.16. The summed E-state index contributed by atoms with van der Waals surface area (Å²) in [6.07, 6.45) is 3.35. The Balaban J connectivity index is 1.51. The summed E-state index contributed by atoms with van der Waals surface area (Å²) in [5.41, 5.74) is 2.31. The standard InChI is InChI=1S/C24H19FN4O2S/c25-18-9-11-20(12-10-18)29-23(31)21(14-17-6-2-1-3-7-17)28-24(29)32-16-22(30)27-15-19-8-4-5-13-26-19/h1-14H,15-16H2,(H,27,30)/b21-14+. The first-order chi connectivity index (χ1) is 15.6. The summed E-state index contributed by atoms with van der Waals surface area (Å²) in [6, 6.07) is 20.4. The van der Waals surface area contributed by atoms with Gasteiger partial charge in [-0.15, -0.1) is 0 Å². The molecule has 0 bridgehead atoms. The minimum absolute atomic E-state index is 0.0647. The van der Waals surface area contributed by atoms with Crippen LogP contribution in [-0.2, 0) is 16.1 Å². The van der Waals surface area contributed by atoms with E-state index >= 15 is 0 Å². The van der Waals surface area contributed by atoms with Gasteiger partial charge < -0.3 is 5.32 Å². The summed E-state index contributed by atoms with van der Waals surface area (Å²) in [7, 11) is 0. The van der Waals surface area contributed by atoms with Crippen molar-refractivity contribution in [3.63, 3.8) is 0 Å². The lowest BCUT2D eigenvalue weighted by Gasteiger charge is -2.17. The van der Waals surface area contributed by atoms with Crippen molar-refractivity contribution in [3.8, 4) is 0 Å². The Kier molecular flexibility index (Phi) is 6.72. The number of carbonyl (C=O) groups excluding carboxylic acids is 2. The monoisotopic (exact) mass is 446 g/mol. The summed E-state index contributed by atoms with van der Waals surface area (Å²) >= 11 is 1.14. The van der Waals surface area contributed by atoms with Crippen LogP contribution >= 0.6 is 11.8 Å². The van der Waals surface area contributed by atoms with Gasteiger partial charge in [0, 0.05) is 6.20 Å². The van der Waals surface area contributed by atoms with Crippen LogP contribution in [0, 0.1) is 5.82 Å². The van der Waals surface area contributed by atoms with Gasteiger partial charge in [0.05, 0.1) is 23.7 Å². The van der Waals surface area contributed by atoms with E-state index in [2.05, 4.69) is 15.3 Å². The molecular formula is C24H19FN4O2S. The number of carbonyl (C=O) groups is 2. The highest BCUT2D eigenvalue weighted by atomic mass is 32.2. The molecule has 1 aromatic heterocycles. The molecule has 0 spiro atoms. The Labute approximate surface area is 188 Å². The zero-order valence-electron chi connectivity index (χ0n) is 16.9. The number of halogens is 1. The molecule has 2 aromatic carbocycles. The van der Waals surface area contributed by atoms with Gasteiger partial charge >= 0.3 is 0 Å². The van der Waals surface area contributed by atoms with Gasteiger partial charge in [0.1, 0.15) is 11.5 Å². The molecule has 6 nitrogen and oxygen atoms in total. The topological polar surface area (TPSA) is 74.7 Å². The highest BCUT2D eigenvalue weighted by molar-refractivity contribution is 8.14. The molecule has 0 radical (unpaired) electrons. The molecule has 0 atom stereocenters. The first-order valence-electron chi connectivity index (χ1n) is 9.85. The first kappa shape index (κ1) is 21.5. The third-order valence-corrected chi connectivity index (χ3v) is 5.48. The third-order valence-electron chi connectivity index (χ3n) is 4.54. The predicted octanol–water partition coefficient (Wildman–Crippen LogP) is 4.01. The summed E-state index contributed by atoms with van der Waals surface area (Å²) in [6.45, 7) is 0.312. The van der Waals surface area contributed by atoms with Crippen LogP contribution in [0.15, 0.2) is 89.7 Å². The number of nitrogens with one attached hydrogen (secondary N) is 1. The number of hydrogen-bond acceptors (Lipinski definition) is 5. The van der Waals surface area contributed by atoms with Crippen LogP contribution in [0.25, 0.3) is 6.08 Å². The number of nitrogens with zero attached hydrogens (tertiary/aromatic N) is 3. The van der Waals surface area contributed by atoms with Gasteiger partial charge in [0.2, 0.25) is 5.91 Å². The second-order valence-corrected chi connectivity index (χ2v) is 7.78. The Hall–Kier alpha value is -3.78. The van der Waals surface area contributed by atoms with E-state index in [-0.39, 0.29) is 23.3 Å². The fraction of sp³-hybridized carbons (Fsp3) is 0.0833. The maximum Gasteiger partial charge on any atom is 0.283 e. The average Bonchev–Trinajstić information content (AvgIpc) is 3.13. The molecule has 8 heteroatoms. The average molecular weight is 447 g/mol. The maximum absolute atomic E-state index is 13.4. The van der Waals surface area contributed by atoms with Crippen molar-refractivity contribution in [2.45, 2.75) is 6.54 Å². The van der Waals surface area contributed by atoms with Crippen LogP contribution < -0.4 is 10.2 Å². The fourth-order valence-electron chi connectivity index (χ4n) is 2.99. The van der Waals surface area contributed by atoms with Crippen molar-refractivity contribution in [2.75, 3.05) is 10.7 Å². The molecule has 0 saturated carbocycles. The lowest BCUT2D eigenvalue weighted by atomic mass is 10.2. The number of amidine groups is 1. The minimum Gasteiger partial charge on any atom is -0.350 e. The number of anilines is 1. The molecule has 2 amide bonds. The zero-order valence-corrected chi connectivity index (χ0v) is 17.8. The van der Waals surface area contributed by atoms with Gasteiger partial charge in [0.15, 0.2) is 5.17 Å². The second kappa shape index (κ2) is 10.0. The Morgan fingerprint density at radius 3 is 2.50 bits per heavy atom. The number of aliphatic imine (C=N–C) groups is 1. The van der Waals surface area contributed by atoms with Crippen LogP contribution in [-0.4, -0.2) is 27.7 Å². The van der Waals surface area contributed by atoms with E-state index in [1.165, 1.54) is 29.2 Å². The predicted molar refractivity (Wildman–Crippen MR) is 124 cm³/mol. The summed E-state index contributed by atoms with van der Waals surface area (Å²) < 4.78 is 13.4. The van der Waals surface area contributed by atoms with E-state index in [1.54, 1.807) is 18.3 Å². The van der Waals surface area contributed by atoms with Crippen LogP contribution in [0.2, 0.25) is 0 Å². The number of rotatable bonds is 6. The van der Waals surface area contributed by atoms with Crippen molar-refractivity contribution < 1.29 is 14.0 Å². The summed E-state index contributed by atoms with van der Waals surface area (Å²) in [5.74, 6) is -0.886. The molecule has 0 aliphatic carbocycles. The quantitative estimate of drug-likeness (QED) is 0.581. The number of aromatic nitrogens is 1. The van der Waals surface area contributed by atoms with E-state index in [0.717, 1.165) is 23.0 Å². The molecule has 1 N–H and O–H groups in total. The Bertz CT molecular complexity index is 1170. The molecular weight excluding hydrogens is 427 g/mol. The molecule has 2 heterocycles. The number of amides is 2. The molecule has 160 valence electrons. The van der Waals surface area contributed by atoms with Gasteiger partial charge in [-0.2, -0.15) is 0 Å². The van der Waals surface area contributed by atoms with E-state index in [9.17, 15) is 14.0 Å². The van der Waals surface area contributed by atoms with Crippen LogP contribution in [0.3, 0.4) is 0 Å². The zero-order chi connectivity index (χ0) is 22.3. The normalized spacial score (nSPS) is 14.5. The van der Waals surface area contributed by atoms with Gasteiger partial charge in [0.25, 0.3) is 5.91 Å². The molecule has 0 unspecified atom stereocenters.